The van der Waals surface area contributed by atoms with E-state index in [2.05, 4.69) is 51.0 Å². The lowest BCUT2D eigenvalue weighted by molar-refractivity contribution is -0.130. The first-order valence-corrected chi connectivity index (χ1v) is 14.5. The Bertz CT molecular complexity index is 1650. The number of rotatable bonds is 7. The van der Waals surface area contributed by atoms with Crippen LogP contribution in [0.4, 0.5) is 4.39 Å². The molecule has 0 saturated heterocycles. The van der Waals surface area contributed by atoms with Crippen LogP contribution in [-0.4, -0.2) is 26.9 Å². The largest absolute Gasteiger partial charge is 0.342 e. The lowest BCUT2D eigenvalue weighted by Gasteiger charge is -2.22. The second-order valence-electron chi connectivity index (χ2n) is 9.48. The van der Waals surface area contributed by atoms with Gasteiger partial charge in [0.1, 0.15) is 5.82 Å². The normalized spacial score (nSPS) is 15.1. The third kappa shape index (κ3) is 5.56. The average Bonchev–Trinajstić information content (AvgIpc) is 3.56. The summed E-state index contributed by atoms with van der Waals surface area (Å²) in [7, 11) is 0. The Balaban J connectivity index is 1.26. The summed E-state index contributed by atoms with van der Waals surface area (Å²) in [6.07, 6.45) is 2.70. The fourth-order valence-corrected chi connectivity index (χ4v) is 6.15. The number of nitrogens with zero attached hydrogens (tertiary/aromatic N) is 3. The SMILES string of the molecule is O=C(CSc1cn(Cc2ccccc2)c2ccccc12)N1N=C(c2ccc(Br)cc2)C[C@@H]1c1ccc(F)cc1. The van der Waals surface area contributed by atoms with Crippen LogP contribution in [0.25, 0.3) is 10.9 Å². The maximum Gasteiger partial charge on any atom is 0.253 e. The van der Waals surface area contributed by atoms with E-state index in [0.29, 0.717) is 6.42 Å². The molecule has 0 aliphatic carbocycles. The monoisotopic (exact) mass is 597 g/mol. The number of carbonyl (C=O) groups is 1. The zero-order valence-corrected chi connectivity index (χ0v) is 23.4. The predicted octanol–water partition coefficient (Wildman–Crippen LogP) is 8.06. The summed E-state index contributed by atoms with van der Waals surface area (Å²) in [6.45, 7) is 0.759. The number of thioether (sulfide) groups is 1. The lowest BCUT2D eigenvalue weighted by Crippen LogP contribution is -2.28. The highest BCUT2D eigenvalue weighted by Gasteiger charge is 2.33. The van der Waals surface area contributed by atoms with E-state index in [1.807, 2.05) is 54.6 Å². The van der Waals surface area contributed by atoms with Crippen molar-refractivity contribution in [2.24, 2.45) is 5.10 Å². The van der Waals surface area contributed by atoms with E-state index in [4.69, 9.17) is 5.10 Å². The zero-order chi connectivity index (χ0) is 26.8. The van der Waals surface area contributed by atoms with Crippen molar-refractivity contribution in [1.82, 2.24) is 9.58 Å². The van der Waals surface area contributed by atoms with Crippen LogP contribution in [0.5, 0.6) is 0 Å². The van der Waals surface area contributed by atoms with Gasteiger partial charge in [0.25, 0.3) is 5.91 Å². The Hall–Kier alpha value is -3.68. The third-order valence-corrected chi connectivity index (χ3v) is 8.45. The topological polar surface area (TPSA) is 37.6 Å². The predicted molar refractivity (Wildman–Crippen MR) is 159 cm³/mol. The Kier molecular flexibility index (Phi) is 7.35. The number of hydrogen-bond donors (Lipinski definition) is 0. The third-order valence-electron chi connectivity index (χ3n) is 6.90. The first-order valence-electron chi connectivity index (χ1n) is 12.7. The molecular weight excluding hydrogens is 573 g/mol. The van der Waals surface area contributed by atoms with E-state index in [9.17, 15) is 9.18 Å². The number of hydrogen-bond acceptors (Lipinski definition) is 3. The molecule has 2 heterocycles. The Morgan fingerprint density at radius 1 is 0.923 bits per heavy atom. The Morgan fingerprint density at radius 3 is 2.41 bits per heavy atom. The van der Waals surface area contributed by atoms with E-state index >= 15 is 0 Å². The molecule has 1 aliphatic rings. The molecule has 0 bridgehead atoms. The fourth-order valence-electron chi connectivity index (χ4n) is 4.95. The molecule has 1 aromatic heterocycles. The van der Waals surface area contributed by atoms with Crippen molar-refractivity contribution in [3.8, 4) is 0 Å². The second-order valence-corrected chi connectivity index (χ2v) is 11.4. The van der Waals surface area contributed by atoms with E-state index in [-0.39, 0.29) is 23.5 Å². The summed E-state index contributed by atoms with van der Waals surface area (Å²) in [5.74, 6) is -0.138. The van der Waals surface area contributed by atoms with Gasteiger partial charge >= 0.3 is 0 Å². The highest BCUT2D eigenvalue weighted by molar-refractivity contribution is 9.10. The molecule has 1 atom stereocenters. The van der Waals surface area contributed by atoms with Crippen molar-refractivity contribution in [3.05, 3.63) is 136 Å². The molecule has 194 valence electrons. The minimum Gasteiger partial charge on any atom is -0.342 e. The molecule has 39 heavy (non-hydrogen) atoms. The molecule has 4 nitrogen and oxygen atoms in total. The van der Waals surface area contributed by atoms with Crippen LogP contribution in [0.1, 0.15) is 29.2 Å². The summed E-state index contributed by atoms with van der Waals surface area (Å²) >= 11 is 5.01. The molecule has 5 aromatic rings. The average molecular weight is 599 g/mol. The number of carbonyl (C=O) groups excluding carboxylic acids is 1. The number of amides is 1. The molecule has 0 N–H and O–H groups in total. The molecular formula is C32H25BrFN3OS. The Labute approximate surface area is 239 Å². The van der Waals surface area contributed by atoms with Gasteiger partial charge in [-0.1, -0.05) is 88.7 Å². The summed E-state index contributed by atoms with van der Waals surface area (Å²) in [6, 6.07) is 32.6. The molecule has 0 fully saturated rings. The quantitative estimate of drug-likeness (QED) is 0.178. The smallest absolute Gasteiger partial charge is 0.253 e. The number of hydrazone groups is 1. The first kappa shape index (κ1) is 25.6. The second kappa shape index (κ2) is 11.2. The molecule has 6 rings (SSSR count). The maximum absolute atomic E-state index is 13.7. The molecule has 0 unspecified atom stereocenters. The van der Waals surface area contributed by atoms with E-state index in [1.54, 1.807) is 17.1 Å². The van der Waals surface area contributed by atoms with Gasteiger partial charge in [0.2, 0.25) is 0 Å². The number of halogens is 2. The Morgan fingerprint density at radius 2 is 1.64 bits per heavy atom. The zero-order valence-electron chi connectivity index (χ0n) is 21.0. The standard InChI is InChI=1S/C32H25BrFN3OS/c33-25-14-10-23(11-15-25)28-18-30(24-12-16-26(34)17-13-24)37(35-28)32(38)21-39-31-20-36(19-22-6-2-1-3-7-22)29-9-5-4-8-27(29)31/h1-17,20,30H,18-19,21H2/t30-/m1/s1. The van der Waals surface area contributed by atoms with E-state index < -0.39 is 0 Å². The summed E-state index contributed by atoms with van der Waals surface area (Å²) in [5, 5.41) is 7.49. The number of fused-ring (bicyclic) bond motifs is 1. The van der Waals surface area contributed by atoms with Gasteiger partial charge in [0.05, 0.1) is 17.5 Å². The molecule has 7 heteroatoms. The lowest BCUT2D eigenvalue weighted by atomic mass is 9.98. The molecule has 1 aliphatic heterocycles. The van der Waals surface area contributed by atoms with Crippen LogP contribution < -0.4 is 0 Å². The van der Waals surface area contributed by atoms with Crippen molar-refractivity contribution in [2.45, 2.75) is 23.9 Å². The summed E-state index contributed by atoms with van der Waals surface area (Å²) in [5.41, 5.74) is 5.04. The molecule has 0 radical (unpaired) electrons. The van der Waals surface area contributed by atoms with Crippen LogP contribution in [0, 0.1) is 5.82 Å². The molecule has 1 amide bonds. The molecule has 4 aromatic carbocycles. The first-order chi connectivity index (χ1) is 19.0. The summed E-state index contributed by atoms with van der Waals surface area (Å²) in [4.78, 5) is 14.7. The van der Waals surface area contributed by atoms with Crippen LogP contribution in [-0.2, 0) is 11.3 Å². The van der Waals surface area contributed by atoms with Gasteiger partial charge in [-0.05, 0) is 47.0 Å². The van der Waals surface area contributed by atoms with Gasteiger partial charge < -0.3 is 4.57 Å². The molecule has 0 saturated carbocycles. The minimum absolute atomic E-state index is 0.0821. The van der Waals surface area contributed by atoms with Gasteiger partial charge in [-0.25, -0.2) is 9.40 Å². The van der Waals surface area contributed by atoms with Crippen LogP contribution in [0.3, 0.4) is 0 Å². The van der Waals surface area contributed by atoms with Crippen LogP contribution >= 0.6 is 27.7 Å². The number of aromatic nitrogens is 1. The molecule has 0 spiro atoms. The van der Waals surface area contributed by atoms with E-state index in [0.717, 1.165) is 43.7 Å². The van der Waals surface area contributed by atoms with Crippen molar-refractivity contribution in [3.63, 3.8) is 0 Å². The number of benzene rings is 4. The van der Waals surface area contributed by atoms with Gasteiger partial charge in [-0.2, -0.15) is 5.10 Å². The van der Waals surface area contributed by atoms with Crippen LogP contribution in [0.2, 0.25) is 0 Å². The van der Waals surface area contributed by atoms with Crippen LogP contribution in [0.15, 0.2) is 124 Å². The van der Waals surface area contributed by atoms with Gasteiger partial charge in [0.15, 0.2) is 0 Å². The highest BCUT2D eigenvalue weighted by atomic mass is 79.9. The van der Waals surface area contributed by atoms with Crippen molar-refractivity contribution in [1.29, 1.82) is 0 Å². The van der Waals surface area contributed by atoms with Crippen molar-refractivity contribution in [2.75, 3.05) is 5.75 Å². The summed E-state index contributed by atoms with van der Waals surface area (Å²) < 4.78 is 16.9. The van der Waals surface area contributed by atoms with Gasteiger partial charge in [-0.3, -0.25) is 4.79 Å². The maximum atomic E-state index is 13.7. The van der Waals surface area contributed by atoms with Gasteiger partial charge in [-0.15, -0.1) is 11.8 Å². The van der Waals surface area contributed by atoms with E-state index in [1.165, 1.54) is 29.5 Å². The highest BCUT2D eigenvalue weighted by Crippen LogP contribution is 2.36. The van der Waals surface area contributed by atoms with Crippen molar-refractivity contribution < 1.29 is 9.18 Å². The number of para-hydroxylation sites is 1. The minimum atomic E-state index is -0.300. The van der Waals surface area contributed by atoms with Gasteiger partial charge in [0, 0.05) is 39.4 Å². The fraction of sp³-hybridized carbons (Fsp3) is 0.125. The van der Waals surface area contributed by atoms with Crippen molar-refractivity contribution >= 4 is 50.2 Å².